The Morgan fingerprint density at radius 3 is 2.26 bits per heavy atom. The van der Waals surface area contributed by atoms with Gasteiger partial charge in [0, 0.05) is 31.7 Å². The molecule has 0 unspecified atom stereocenters. The number of carbonyl (C=O) groups is 1. The van der Waals surface area contributed by atoms with Crippen molar-refractivity contribution in [3.8, 4) is 0 Å². The molecule has 1 amide bonds. The van der Waals surface area contributed by atoms with Gasteiger partial charge in [-0.25, -0.2) is 4.79 Å². The molecule has 1 aliphatic rings. The van der Waals surface area contributed by atoms with Gasteiger partial charge >= 0.3 is 6.09 Å². The quantitative estimate of drug-likeness (QED) is 0.790. The van der Waals surface area contributed by atoms with E-state index in [-0.39, 0.29) is 12.1 Å². The van der Waals surface area contributed by atoms with Crippen molar-refractivity contribution in [2.75, 3.05) is 19.6 Å². The molecule has 19 heavy (non-hydrogen) atoms. The van der Waals surface area contributed by atoms with Crippen LogP contribution in [0.4, 0.5) is 4.79 Å². The Balaban J connectivity index is 2.57. The number of nitrogens with zero attached hydrogens (tertiary/aromatic N) is 2. The number of hydrogen-bond acceptors (Lipinski definition) is 3. The average Bonchev–Trinajstić information content (AvgIpc) is 2.28. The molecule has 1 rings (SSSR count). The van der Waals surface area contributed by atoms with Crippen molar-refractivity contribution in [3.63, 3.8) is 0 Å². The summed E-state index contributed by atoms with van der Waals surface area (Å²) < 4.78 is 5.46. The summed E-state index contributed by atoms with van der Waals surface area (Å²) in [6.45, 7) is 15.0. The van der Waals surface area contributed by atoms with E-state index in [1.165, 1.54) is 12.8 Å². The molecule has 0 spiro atoms. The molecule has 1 atom stereocenters. The van der Waals surface area contributed by atoms with Gasteiger partial charge in [-0.15, -0.1) is 0 Å². The van der Waals surface area contributed by atoms with Crippen molar-refractivity contribution in [3.05, 3.63) is 0 Å². The topological polar surface area (TPSA) is 32.8 Å². The van der Waals surface area contributed by atoms with Gasteiger partial charge in [0.25, 0.3) is 0 Å². The predicted molar refractivity (Wildman–Crippen MR) is 78.3 cm³/mol. The summed E-state index contributed by atoms with van der Waals surface area (Å²) in [5.41, 5.74) is -0.413. The first-order valence-electron chi connectivity index (χ1n) is 7.52. The maximum absolute atomic E-state index is 12.1. The van der Waals surface area contributed by atoms with Gasteiger partial charge in [0.2, 0.25) is 0 Å². The minimum absolute atomic E-state index is 0.177. The van der Waals surface area contributed by atoms with Crippen LogP contribution in [0.1, 0.15) is 54.4 Å². The Kier molecular flexibility index (Phi) is 5.65. The maximum Gasteiger partial charge on any atom is 0.410 e. The number of rotatable bonds is 3. The standard InChI is InChI=1S/C15H30N2O2/c1-7-13(8-2)16-9-10-17(12(3)11-16)14(18)19-15(4,5)6/h12-13H,7-11H2,1-6H3/t12-/m1/s1. The summed E-state index contributed by atoms with van der Waals surface area (Å²) in [5, 5.41) is 0. The monoisotopic (exact) mass is 270 g/mol. The van der Waals surface area contributed by atoms with Crippen molar-refractivity contribution >= 4 is 6.09 Å². The van der Waals surface area contributed by atoms with Crippen LogP contribution in [0.25, 0.3) is 0 Å². The molecule has 0 aromatic rings. The highest BCUT2D eigenvalue weighted by Gasteiger charge is 2.32. The molecular formula is C15H30N2O2. The van der Waals surface area contributed by atoms with E-state index in [9.17, 15) is 4.79 Å². The smallest absolute Gasteiger partial charge is 0.410 e. The molecule has 1 saturated heterocycles. The van der Waals surface area contributed by atoms with Crippen LogP contribution in [0.15, 0.2) is 0 Å². The second-order valence-corrected chi connectivity index (χ2v) is 6.49. The van der Waals surface area contributed by atoms with Gasteiger partial charge in [-0.3, -0.25) is 4.90 Å². The molecule has 112 valence electrons. The van der Waals surface area contributed by atoms with E-state index in [0.717, 1.165) is 19.6 Å². The summed E-state index contributed by atoms with van der Waals surface area (Å²) >= 11 is 0. The highest BCUT2D eigenvalue weighted by atomic mass is 16.6. The zero-order chi connectivity index (χ0) is 14.6. The lowest BCUT2D eigenvalue weighted by Gasteiger charge is -2.43. The molecule has 1 fully saturated rings. The van der Waals surface area contributed by atoms with Gasteiger partial charge in [-0.2, -0.15) is 0 Å². The summed E-state index contributed by atoms with van der Waals surface area (Å²) in [4.78, 5) is 16.5. The third-order valence-electron chi connectivity index (χ3n) is 3.75. The first kappa shape index (κ1) is 16.3. The minimum Gasteiger partial charge on any atom is -0.444 e. The van der Waals surface area contributed by atoms with Crippen LogP contribution in [0.2, 0.25) is 0 Å². The van der Waals surface area contributed by atoms with E-state index in [2.05, 4.69) is 25.7 Å². The van der Waals surface area contributed by atoms with Gasteiger partial charge in [0.1, 0.15) is 5.60 Å². The lowest BCUT2D eigenvalue weighted by Crippen LogP contribution is -2.57. The van der Waals surface area contributed by atoms with E-state index >= 15 is 0 Å². The van der Waals surface area contributed by atoms with Crippen LogP contribution < -0.4 is 0 Å². The highest BCUT2D eigenvalue weighted by Crippen LogP contribution is 2.18. The molecule has 1 heterocycles. The Labute approximate surface area is 118 Å². The normalized spacial score (nSPS) is 21.8. The van der Waals surface area contributed by atoms with E-state index in [1.807, 2.05) is 25.7 Å². The fourth-order valence-corrected chi connectivity index (χ4v) is 2.71. The Morgan fingerprint density at radius 1 is 1.26 bits per heavy atom. The van der Waals surface area contributed by atoms with Crippen LogP contribution in [0.5, 0.6) is 0 Å². The molecule has 4 heteroatoms. The van der Waals surface area contributed by atoms with E-state index in [1.54, 1.807) is 0 Å². The lowest BCUT2D eigenvalue weighted by molar-refractivity contribution is -0.00493. The van der Waals surface area contributed by atoms with E-state index < -0.39 is 5.60 Å². The van der Waals surface area contributed by atoms with Crippen molar-refractivity contribution in [1.82, 2.24) is 9.80 Å². The first-order chi connectivity index (χ1) is 8.78. The third-order valence-corrected chi connectivity index (χ3v) is 3.75. The van der Waals surface area contributed by atoms with Gasteiger partial charge in [-0.1, -0.05) is 13.8 Å². The number of carbonyl (C=O) groups excluding carboxylic acids is 1. The van der Waals surface area contributed by atoms with Crippen LogP contribution in [0.3, 0.4) is 0 Å². The second kappa shape index (κ2) is 6.60. The molecule has 0 aromatic heterocycles. The maximum atomic E-state index is 12.1. The fourth-order valence-electron chi connectivity index (χ4n) is 2.71. The van der Waals surface area contributed by atoms with E-state index in [0.29, 0.717) is 6.04 Å². The summed E-state index contributed by atoms with van der Waals surface area (Å²) in [6.07, 6.45) is 2.18. The van der Waals surface area contributed by atoms with Gasteiger partial charge in [0.15, 0.2) is 0 Å². The van der Waals surface area contributed by atoms with Gasteiger partial charge in [-0.05, 0) is 40.5 Å². The Morgan fingerprint density at radius 2 is 1.84 bits per heavy atom. The predicted octanol–water partition coefficient (Wildman–Crippen LogP) is 3.12. The van der Waals surface area contributed by atoms with Gasteiger partial charge in [0.05, 0.1) is 0 Å². The molecule has 0 radical (unpaired) electrons. The van der Waals surface area contributed by atoms with Crippen LogP contribution >= 0.6 is 0 Å². The largest absolute Gasteiger partial charge is 0.444 e. The molecular weight excluding hydrogens is 240 g/mol. The van der Waals surface area contributed by atoms with Crippen LogP contribution in [-0.2, 0) is 4.74 Å². The highest BCUT2D eigenvalue weighted by molar-refractivity contribution is 5.68. The minimum atomic E-state index is -0.413. The summed E-state index contributed by atoms with van der Waals surface area (Å²) in [7, 11) is 0. The van der Waals surface area contributed by atoms with Crippen molar-refractivity contribution in [1.29, 1.82) is 0 Å². The molecule has 1 aliphatic heterocycles. The van der Waals surface area contributed by atoms with Crippen molar-refractivity contribution in [2.24, 2.45) is 0 Å². The molecule has 0 bridgehead atoms. The van der Waals surface area contributed by atoms with Crippen molar-refractivity contribution < 1.29 is 9.53 Å². The molecule has 0 aromatic carbocycles. The number of ether oxygens (including phenoxy) is 1. The van der Waals surface area contributed by atoms with Crippen molar-refractivity contribution in [2.45, 2.75) is 72.1 Å². The molecule has 0 N–H and O–H groups in total. The van der Waals surface area contributed by atoms with Crippen LogP contribution in [-0.4, -0.2) is 53.2 Å². The SMILES string of the molecule is CCC(CC)N1CCN(C(=O)OC(C)(C)C)[C@H](C)C1. The summed E-state index contributed by atoms with van der Waals surface area (Å²) in [6, 6.07) is 0.868. The first-order valence-corrected chi connectivity index (χ1v) is 7.52. The fraction of sp³-hybridized carbons (Fsp3) is 0.933. The second-order valence-electron chi connectivity index (χ2n) is 6.49. The average molecular weight is 270 g/mol. The molecule has 0 aliphatic carbocycles. The third kappa shape index (κ3) is 4.68. The number of hydrogen-bond donors (Lipinski definition) is 0. The zero-order valence-electron chi connectivity index (χ0n) is 13.4. The lowest BCUT2D eigenvalue weighted by atomic mass is 10.1. The van der Waals surface area contributed by atoms with E-state index in [4.69, 9.17) is 4.74 Å². The Bertz CT molecular complexity index is 295. The summed E-state index contributed by atoms with van der Waals surface area (Å²) in [5.74, 6) is 0. The molecule has 4 nitrogen and oxygen atoms in total. The van der Waals surface area contributed by atoms with Gasteiger partial charge < -0.3 is 9.64 Å². The number of amides is 1. The molecule has 0 saturated carbocycles. The van der Waals surface area contributed by atoms with Crippen LogP contribution in [0, 0.1) is 0 Å². The zero-order valence-corrected chi connectivity index (χ0v) is 13.4. The Hall–Kier alpha value is -0.770. The number of piperazine rings is 1.